The third kappa shape index (κ3) is 3.00. The predicted octanol–water partition coefficient (Wildman–Crippen LogP) is 2.15. The van der Waals surface area contributed by atoms with Gasteiger partial charge >= 0.3 is 0 Å². The Morgan fingerprint density at radius 3 is 3.00 bits per heavy atom. The largest absolute Gasteiger partial charge is 0.374 e. The summed E-state index contributed by atoms with van der Waals surface area (Å²) in [6.07, 6.45) is 2.84. The molecule has 2 aromatic rings. The van der Waals surface area contributed by atoms with Crippen LogP contribution in [0.5, 0.6) is 0 Å². The summed E-state index contributed by atoms with van der Waals surface area (Å²) in [5, 5.41) is 8.34. The molecule has 22 heavy (non-hydrogen) atoms. The first-order valence-corrected chi connectivity index (χ1v) is 8.16. The van der Waals surface area contributed by atoms with Crippen molar-refractivity contribution in [3.05, 3.63) is 41.6 Å². The molecule has 2 N–H and O–H groups in total. The van der Waals surface area contributed by atoms with Crippen LogP contribution in [0.3, 0.4) is 0 Å². The molecule has 0 amide bonds. The number of ether oxygens (including phenoxy) is 1. The van der Waals surface area contributed by atoms with E-state index in [0.717, 1.165) is 37.5 Å². The van der Waals surface area contributed by atoms with E-state index in [4.69, 9.17) is 4.74 Å². The zero-order chi connectivity index (χ0) is 15.0. The molecule has 2 heterocycles. The Bertz CT molecular complexity index is 671. The number of fused-ring (bicyclic) bond motifs is 1. The Balaban J connectivity index is 1.31. The molecule has 116 valence electrons. The van der Waals surface area contributed by atoms with Crippen LogP contribution < -0.4 is 10.6 Å². The lowest BCUT2D eigenvalue weighted by Gasteiger charge is -2.30. The first kappa shape index (κ1) is 14.1. The Labute approximate surface area is 131 Å². The van der Waals surface area contributed by atoms with E-state index in [9.17, 15) is 0 Å². The number of aryl methyl sites for hydroxylation is 1. The number of benzene rings is 1. The SMILES string of the molecule is Cc1ccc2cc(CNCC3CNC4(CC4)CO3)ccc2n1. The van der Waals surface area contributed by atoms with E-state index in [2.05, 4.69) is 45.9 Å². The van der Waals surface area contributed by atoms with Crippen molar-refractivity contribution >= 4 is 10.9 Å². The molecule has 1 unspecified atom stereocenters. The lowest BCUT2D eigenvalue weighted by molar-refractivity contribution is -0.00211. The highest BCUT2D eigenvalue weighted by atomic mass is 16.5. The van der Waals surface area contributed by atoms with E-state index < -0.39 is 0 Å². The minimum absolute atomic E-state index is 0.288. The fourth-order valence-electron chi connectivity index (χ4n) is 3.09. The van der Waals surface area contributed by atoms with Gasteiger partial charge in [-0.1, -0.05) is 12.1 Å². The van der Waals surface area contributed by atoms with Gasteiger partial charge in [0, 0.05) is 36.3 Å². The van der Waals surface area contributed by atoms with Gasteiger partial charge < -0.3 is 15.4 Å². The average molecular weight is 297 g/mol. The number of aromatic nitrogens is 1. The third-order valence-electron chi connectivity index (χ3n) is 4.75. The number of pyridine rings is 1. The fourth-order valence-corrected chi connectivity index (χ4v) is 3.09. The second-order valence-electron chi connectivity index (χ2n) is 6.70. The molecule has 1 aromatic carbocycles. The quantitative estimate of drug-likeness (QED) is 0.908. The van der Waals surface area contributed by atoms with Gasteiger partial charge in [-0.3, -0.25) is 4.98 Å². The van der Waals surface area contributed by atoms with Gasteiger partial charge in [-0.15, -0.1) is 0 Å². The molecular weight excluding hydrogens is 274 g/mol. The molecule has 1 aromatic heterocycles. The van der Waals surface area contributed by atoms with E-state index >= 15 is 0 Å². The molecule has 0 bridgehead atoms. The summed E-state index contributed by atoms with van der Waals surface area (Å²) in [5.41, 5.74) is 3.77. The van der Waals surface area contributed by atoms with Gasteiger partial charge in [-0.2, -0.15) is 0 Å². The van der Waals surface area contributed by atoms with Gasteiger partial charge in [-0.25, -0.2) is 0 Å². The first-order valence-electron chi connectivity index (χ1n) is 8.16. The molecule has 4 heteroatoms. The molecule has 1 saturated heterocycles. The number of hydrogen-bond donors (Lipinski definition) is 2. The summed E-state index contributed by atoms with van der Waals surface area (Å²) in [4.78, 5) is 4.54. The summed E-state index contributed by atoms with van der Waals surface area (Å²) in [7, 11) is 0. The normalized spacial score (nSPS) is 23.0. The number of nitrogens with zero attached hydrogens (tertiary/aromatic N) is 1. The van der Waals surface area contributed by atoms with Crippen LogP contribution in [-0.2, 0) is 11.3 Å². The molecule has 0 radical (unpaired) electrons. The van der Waals surface area contributed by atoms with Gasteiger partial charge in [0.15, 0.2) is 0 Å². The van der Waals surface area contributed by atoms with E-state index in [0.29, 0.717) is 5.54 Å². The zero-order valence-corrected chi connectivity index (χ0v) is 13.1. The Kier molecular flexibility index (Phi) is 3.60. The van der Waals surface area contributed by atoms with Crippen LogP contribution in [0.4, 0.5) is 0 Å². The van der Waals surface area contributed by atoms with E-state index in [1.807, 2.05) is 6.92 Å². The summed E-state index contributed by atoms with van der Waals surface area (Å²) in [6, 6.07) is 10.7. The average Bonchev–Trinajstić information content (AvgIpc) is 3.29. The van der Waals surface area contributed by atoms with Gasteiger partial charge in [0.2, 0.25) is 0 Å². The smallest absolute Gasteiger partial charge is 0.0824 e. The Hall–Kier alpha value is -1.49. The molecule has 1 saturated carbocycles. The van der Waals surface area contributed by atoms with Gasteiger partial charge in [0.25, 0.3) is 0 Å². The molecule has 1 aliphatic carbocycles. The van der Waals surface area contributed by atoms with Crippen molar-refractivity contribution in [2.75, 3.05) is 19.7 Å². The maximum absolute atomic E-state index is 5.94. The monoisotopic (exact) mass is 297 g/mol. The maximum atomic E-state index is 5.94. The van der Waals surface area contributed by atoms with Crippen LogP contribution in [0, 0.1) is 6.92 Å². The molecule has 4 rings (SSSR count). The highest BCUT2D eigenvalue weighted by molar-refractivity contribution is 5.79. The second kappa shape index (κ2) is 5.61. The summed E-state index contributed by atoms with van der Waals surface area (Å²) >= 11 is 0. The van der Waals surface area contributed by atoms with Crippen LogP contribution in [0.25, 0.3) is 10.9 Å². The molecule has 1 atom stereocenters. The van der Waals surface area contributed by atoms with Crippen molar-refractivity contribution < 1.29 is 4.74 Å². The summed E-state index contributed by atoms with van der Waals surface area (Å²) in [6.45, 7) is 5.63. The summed E-state index contributed by atoms with van der Waals surface area (Å²) in [5.74, 6) is 0. The van der Waals surface area contributed by atoms with Crippen LogP contribution >= 0.6 is 0 Å². The van der Waals surface area contributed by atoms with Crippen LogP contribution in [0.1, 0.15) is 24.1 Å². The van der Waals surface area contributed by atoms with Gasteiger partial charge in [-0.05, 0) is 43.5 Å². The molecule has 1 aliphatic heterocycles. The lowest BCUT2D eigenvalue weighted by atomic mass is 10.1. The van der Waals surface area contributed by atoms with Crippen molar-refractivity contribution in [2.24, 2.45) is 0 Å². The van der Waals surface area contributed by atoms with Crippen molar-refractivity contribution in [1.29, 1.82) is 0 Å². The topological polar surface area (TPSA) is 46.2 Å². The fraction of sp³-hybridized carbons (Fsp3) is 0.500. The molecule has 1 spiro atoms. The van der Waals surface area contributed by atoms with Gasteiger partial charge in [0.1, 0.15) is 0 Å². The second-order valence-corrected chi connectivity index (χ2v) is 6.70. The number of hydrogen-bond acceptors (Lipinski definition) is 4. The Morgan fingerprint density at radius 2 is 2.23 bits per heavy atom. The summed E-state index contributed by atoms with van der Waals surface area (Å²) < 4.78 is 5.94. The van der Waals surface area contributed by atoms with Crippen molar-refractivity contribution in [3.8, 4) is 0 Å². The van der Waals surface area contributed by atoms with Crippen molar-refractivity contribution in [3.63, 3.8) is 0 Å². The molecular formula is C18H23N3O. The minimum Gasteiger partial charge on any atom is -0.374 e. The van der Waals surface area contributed by atoms with Crippen LogP contribution in [0.15, 0.2) is 30.3 Å². The number of nitrogens with one attached hydrogen (secondary N) is 2. The van der Waals surface area contributed by atoms with E-state index in [1.54, 1.807) is 0 Å². The van der Waals surface area contributed by atoms with E-state index in [1.165, 1.54) is 23.8 Å². The molecule has 4 nitrogen and oxygen atoms in total. The third-order valence-corrected chi connectivity index (χ3v) is 4.75. The van der Waals surface area contributed by atoms with Crippen molar-refractivity contribution in [1.82, 2.24) is 15.6 Å². The van der Waals surface area contributed by atoms with E-state index in [-0.39, 0.29) is 6.10 Å². The molecule has 2 aliphatic rings. The van der Waals surface area contributed by atoms with Crippen molar-refractivity contribution in [2.45, 2.75) is 38.0 Å². The first-order chi connectivity index (χ1) is 10.7. The maximum Gasteiger partial charge on any atom is 0.0824 e. The standard InChI is InChI=1S/C18H23N3O/c1-13-2-4-15-8-14(3-5-17(15)21-13)9-19-10-16-11-20-18(6-7-18)12-22-16/h2-5,8,16,19-20H,6-7,9-12H2,1H3. The van der Waals surface area contributed by atoms with Gasteiger partial charge in [0.05, 0.1) is 18.2 Å². The van der Waals surface area contributed by atoms with Crippen LogP contribution in [-0.4, -0.2) is 36.3 Å². The highest BCUT2D eigenvalue weighted by Gasteiger charge is 2.45. The predicted molar refractivity (Wildman–Crippen MR) is 87.9 cm³/mol. The zero-order valence-electron chi connectivity index (χ0n) is 13.1. The number of rotatable bonds is 4. The minimum atomic E-state index is 0.288. The Morgan fingerprint density at radius 1 is 1.32 bits per heavy atom. The van der Waals surface area contributed by atoms with Crippen LogP contribution in [0.2, 0.25) is 0 Å². The highest BCUT2D eigenvalue weighted by Crippen LogP contribution is 2.37. The molecule has 2 fully saturated rings. The lowest BCUT2D eigenvalue weighted by Crippen LogP contribution is -2.51. The number of morpholine rings is 1.